The van der Waals surface area contributed by atoms with Gasteiger partial charge in [0.15, 0.2) is 11.6 Å². The number of aromatic nitrogens is 1. The first-order valence-electron chi connectivity index (χ1n) is 4.49. The third-order valence-corrected chi connectivity index (χ3v) is 3.70. The zero-order valence-electron chi connectivity index (χ0n) is 8.28. The zero-order chi connectivity index (χ0) is 12.4. The van der Waals surface area contributed by atoms with Gasteiger partial charge in [0.25, 0.3) is 5.19 Å². The van der Waals surface area contributed by atoms with Gasteiger partial charge in [0, 0.05) is 4.47 Å². The summed E-state index contributed by atoms with van der Waals surface area (Å²) in [4.78, 5) is 4.35. The first kappa shape index (κ1) is 12.8. The molecule has 0 unspecified atom stereocenters. The summed E-state index contributed by atoms with van der Waals surface area (Å²) in [6.45, 7) is -0.221. The summed E-state index contributed by atoms with van der Waals surface area (Å²) in [6.07, 6.45) is 0. The standard InChI is InChI=1S/C10H6BrClFNO2S/c11-5-1-2-6(13)7(3-5)16-10-14-9(12)8(4-15)17-10/h1-3,15H,4H2. The van der Waals surface area contributed by atoms with Crippen molar-refractivity contribution < 1.29 is 14.2 Å². The average molecular weight is 339 g/mol. The highest BCUT2D eigenvalue weighted by Gasteiger charge is 2.12. The van der Waals surface area contributed by atoms with E-state index >= 15 is 0 Å². The molecule has 0 atom stereocenters. The molecule has 17 heavy (non-hydrogen) atoms. The van der Waals surface area contributed by atoms with Gasteiger partial charge in [-0.3, -0.25) is 0 Å². The Morgan fingerprint density at radius 2 is 2.29 bits per heavy atom. The highest BCUT2D eigenvalue weighted by molar-refractivity contribution is 9.10. The fourth-order valence-electron chi connectivity index (χ4n) is 1.10. The fourth-order valence-corrected chi connectivity index (χ4v) is 2.42. The second-order valence-corrected chi connectivity index (χ2v) is 5.35. The van der Waals surface area contributed by atoms with Crippen LogP contribution in [0, 0.1) is 5.82 Å². The number of thiazole rings is 1. The maximum atomic E-state index is 13.4. The Kier molecular flexibility index (Phi) is 3.98. The Morgan fingerprint density at radius 3 is 2.94 bits per heavy atom. The van der Waals surface area contributed by atoms with Gasteiger partial charge in [-0.1, -0.05) is 38.9 Å². The first-order valence-corrected chi connectivity index (χ1v) is 6.48. The third-order valence-electron chi connectivity index (χ3n) is 1.86. The molecule has 0 aliphatic rings. The van der Waals surface area contributed by atoms with Gasteiger partial charge in [0.05, 0.1) is 11.5 Å². The number of nitrogens with zero attached hydrogens (tertiary/aromatic N) is 1. The molecule has 0 aliphatic carbocycles. The largest absolute Gasteiger partial charge is 0.428 e. The molecule has 1 heterocycles. The summed E-state index contributed by atoms with van der Waals surface area (Å²) in [5, 5.41) is 9.31. The smallest absolute Gasteiger partial charge is 0.280 e. The van der Waals surface area contributed by atoms with E-state index in [2.05, 4.69) is 20.9 Å². The number of aliphatic hydroxyl groups is 1. The molecular weight excluding hydrogens is 333 g/mol. The monoisotopic (exact) mass is 337 g/mol. The highest BCUT2D eigenvalue weighted by atomic mass is 79.9. The van der Waals surface area contributed by atoms with Crippen molar-refractivity contribution in [1.82, 2.24) is 4.98 Å². The predicted octanol–water partition coefficient (Wildman–Crippen LogP) is 3.98. The molecule has 90 valence electrons. The first-order chi connectivity index (χ1) is 8.10. The Balaban J connectivity index is 2.27. The molecule has 7 heteroatoms. The van der Waals surface area contributed by atoms with Crippen molar-refractivity contribution in [1.29, 1.82) is 0 Å². The summed E-state index contributed by atoms with van der Waals surface area (Å²) in [6, 6.07) is 4.33. The molecular formula is C10H6BrClFNO2S. The number of halogens is 3. The molecule has 0 bridgehead atoms. The summed E-state index contributed by atoms with van der Waals surface area (Å²) >= 11 is 10.0. The lowest BCUT2D eigenvalue weighted by atomic mass is 10.3. The van der Waals surface area contributed by atoms with E-state index in [1.54, 1.807) is 6.07 Å². The van der Waals surface area contributed by atoms with Gasteiger partial charge < -0.3 is 9.84 Å². The molecule has 0 radical (unpaired) electrons. The summed E-state index contributed by atoms with van der Waals surface area (Å²) < 4.78 is 19.3. The van der Waals surface area contributed by atoms with Crippen LogP contribution >= 0.6 is 38.9 Å². The number of aliphatic hydroxyl groups excluding tert-OH is 1. The molecule has 2 aromatic rings. The molecule has 0 amide bonds. The number of rotatable bonds is 3. The van der Waals surface area contributed by atoms with E-state index in [0.717, 1.165) is 11.3 Å². The maximum absolute atomic E-state index is 13.4. The second-order valence-electron chi connectivity index (χ2n) is 3.03. The van der Waals surface area contributed by atoms with Gasteiger partial charge in [0.2, 0.25) is 0 Å². The summed E-state index contributed by atoms with van der Waals surface area (Å²) in [7, 11) is 0. The van der Waals surface area contributed by atoms with E-state index in [-0.39, 0.29) is 22.7 Å². The van der Waals surface area contributed by atoms with Gasteiger partial charge in [0.1, 0.15) is 5.15 Å². The topological polar surface area (TPSA) is 42.4 Å². The fraction of sp³-hybridized carbons (Fsp3) is 0.100. The van der Waals surface area contributed by atoms with Crippen LogP contribution in [0.15, 0.2) is 22.7 Å². The lowest BCUT2D eigenvalue weighted by Crippen LogP contribution is -1.87. The van der Waals surface area contributed by atoms with E-state index in [4.69, 9.17) is 21.4 Å². The van der Waals surface area contributed by atoms with E-state index in [1.807, 2.05) is 0 Å². The highest BCUT2D eigenvalue weighted by Crippen LogP contribution is 2.33. The van der Waals surface area contributed by atoms with Gasteiger partial charge in [-0.15, -0.1) is 0 Å². The van der Waals surface area contributed by atoms with Crippen molar-refractivity contribution in [2.75, 3.05) is 0 Å². The molecule has 3 nitrogen and oxygen atoms in total. The predicted molar refractivity (Wildman–Crippen MR) is 67.2 cm³/mol. The molecule has 0 spiro atoms. The minimum atomic E-state index is -0.495. The van der Waals surface area contributed by atoms with Crippen molar-refractivity contribution in [3.05, 3.63) is 38.5 Å². The number of ether oxygens (including phenoxy) is 1. The van der Waals surface area contributed by atoms with Crippen LogP contribution in [0.1, 0.15) is 4.88 Å². The lowest BCUT2D eigenvalue weighted by molar-refractivity contribution is 0.285. The van der Waals surface area contributed by atoms with Crippen molar-refractivity contribution in [3.8, 4) is 10.9 Å². The van der Waals surface area contributed by atoms with Crippen LogP contribution in [0.4, 0.5) is 4.39 Å². The number of hydrogen-bond acceptors (Lipinski definition) is 4. The molecule has 0 saturated carbocycles. The Bertz CT molecular complexity index is 549. The zero-order valence-corrected chi connectivity index (χ0v) is 11.4. The Morgan fingerprint density at radius 1 is 1.53 bits per heavy atom. The minimum absolute atomic E-state index is 0.0503. The molecule has 0 fully saturated rings. The summed E-state index contributed by atoms with van der Waals surface area (Å²) in [5.41, 5.74) is 0. The Labute approximate surface area is 114 Å². The SMILES string of the molecule is OCc1sc(Oc2cc(Br)ccc2F)nc1Cl. The maximum Gasteiger partial charge on any atom is 0.280 e. The van der Waals surface area contributed by atoms with Gasteiger partial charge in [-0.2, -0.15) is 4.98 Å². The van der Waals surface area contributed by atoms with Crippen LogP contribution in [0.2, 0.25) is 5.15 Å². The van der Waals surface area contributed by atoms with Crippen molar-refractivity contribution >= 4 is 38.9 Å². The number of benzene rings is 1. The van der Waals surface area contributed by atoms with Gasteiger partial charge in [-0.05, 0) is 18.2 Å². The van der Waals surface area contributed by atoms with Crippen LogP contribution in [-0.4, -0.2) is 10.1 Å². The third kappa shape index (κ3) is 2.95. The second kappa shape index (κ2) is 5.30. The molecule has 0 saturated heterocycles. The van der Waals surface area contributed by atoms with E-state index in [1.165, 1.54) is 12.1 Å². The lowest BCUT2D eigenvalue weighted by Gasteiger charge is -2.03. The van der Waals surface area contributed by atoms with Crippen molar-refractivity contribution in [2.24, 2.45) is 0 Å². The molecule has 1 aromatic heterocycles. The number of hydrogen-bond donors (Lipinski definition) is 1. The van der Waals surface area contributed by atoms with Crippen LogP contribution in [0.25, 0.3) is 0 Å². The normalized spacial score (nSPS) is 10.6. The van der Waals surface area contributed by atoms with E-state index in [9.17, 15) is 4.39 Å². The van der Waals surface area contributed by atoms with Crippen molar-refractivity contribution in [3.63, 3.8) is 0 Å². The Hall–Kier alpha value is -0.690. The molecule has 1 aromatic carbocycles. The molecule has 0 aliphatic heterocycles. The average Bonchev–Trinajstić information content (AvgIpc) is 2.64. The van der Waals surface area contributed by atoms with E-state index < -0.39 is 5.82 Å². The van der Waals surface area contributed by atoms with Crippen LogP contribution in [0.5, 0.6) is 10.9 Å². The molecule has 1 N–H and O–H groups in total. The van der Waals surface area contributed by atoms with Gasteiger partial charge in [-0.25, -0.2) is 4.39 Å². The van der Waals surface area contributed by atoms with Gasteiger partial charge >= 0.3 is 0 Å². The van der Waals surface area contributed by atoms with Crippen LogP contribution in [-0.2, 0) is 6.61 Å². The van der Waals surface area contributed by atoms with Crippen LogP contribution in [0.3, 0.4) is 0 Å². The molecule has 2 rings (SSSR count). The quantitative estimate of drug-likeness (QED) is 0.920. The van der Waals surface area contributed by atoms with Crippen molar-refractivity contribution in [2.45, 2.75) is 6.61 Å². The van der Waals surface area contributed by atoms with Crippen LogP contribution < -0.4 is 4.74 Å². The van der Waals surface area contributed by atoms with E-state index in [0.29, 0.717) is 9.35 Å². The summed E-state index contributed by atoms with van der Waals surface area (Å²) in [5.74, 6) is -0.445. The minimum Gasteiger partial charge on any atom is -0.428 e.